The predicted molar refractivity (Wildman–Crippen MR) is 52.2 cm³/mol. The van der Waals surface area contributed by atoms with E-state index in [0.717, 1.165) is 11.8 Å². The van der Waals surface area contributed by atoms with Gasteiger partial charge in [-0.05, 0) is 19.1 Å². The lowest BCUT2D eigenvalue weighted by molar-refractivity contribution is 0.350. The van der Waals surface area contributed by atoms with Gasteiger partial charge in [-0.2, -0.15) is 0 Å². The van der Waals surface area contributed by atoms with Gasteiger partial charge in [0.1, 0.15) is 5.75 Å². The van der Waals surface area contributed by atoms with Crippen molar-refractivity contribution < 1.29 is 13.9 Å². The molecule has 0 saturated heterocycles. The lowest BCUT2D eigenvalue weighted by atomic mass is 10.2. The normalized spacial score (nSPS) is 11.8. The third-order valence-corrected chi connectivity index (χ3v) is 2.07. The third kappa shape index (κ3) is 3.45. The Morgan fingerprint density at radius 2 is 2.00 bits per heavy atom. The smallest absolute Gasteiger partial charge is 0.426 e. The molecular weight excluding hydrogens is 187 g/mol. The van der Waals surface area contributed by atoms with Crippen molar-refractivity contribution in [2.45, 2.75) is 6.92 Å². The highest BCUT2D eigenvalue weighted by atomic mass is 31.2. The van der Waals surface area contributed by atoms with Crippen molar-refractivity contribution in [3.63, 3.8) is 0 Å². The molecule has 70 valence electrons. The summed E-state index contributed by atoms with van der Waals surface area (Å²) in [6.45, 7) is 5.29. The monoisotopic (exact) mass is 198 g/mol. The summed E-state index contributed by atoms with van der Waals surface area (Å²) in [6, 6.07) is 7.33. The van der Waals surface area contributed by atoms with Crippen LogP contribution in [0.4, 0.5) is 0 Å². The fourth-order valence-electron chi connectivity index (χ4n) is 0.775. The zero-order chi connectivity index (χ0) is 9.68. The van der Waals surface area contributed by atoms with E-state index >= 15 is 0 Å². The van der Waals surface area contributed by atoms with Gasteiger partial charge in [0, 0.05) is 0 Å². The van der Waals surface area contributed by atoms with Crippen LogP contribution in [0.25, 0.3) is 0 Å². The molecule has 4 heteroatoms. The SMILES string of the molecule is C=COP(O)Oc1ccc(C)cc1. The van der Waals surface area contributed by atoms with Crippen molar-refractivity contribution in [2.75, 3.05) is 0 Å². The first-order chi connectivity index (χ1) is 6.22. The average Bonchev–Trinajstić information content (AvgIpc) is 2.09. The number of aryl methyl sites for hydroxylation is 1. The number of rotatable bonds is 4. The van der Waals surface area contributed by atoms with Crippen LogP contribution in [0.15, 0.2) is 37.1 Å². The lowest BCUT2D eigenvalue weighted by Gasteiger charge is -2.08. The van der Waals surface area contributed by atoms with Gasteiger partial charge in [-0.25, -0.2) is 0 Å². The van der Waals surface area contributed by atoms with Crippen molar-refractivity contribution in [3.05, 3.63) is 42.7 Å². The topological polar surface area (TPSA) is 38.7 Å². The quantitative estimate of drug-likeness (QED) is 0.597. The van der Waals surface area contributed by atoms with E-state index < -0.39 is 8.60 Å². The molecule has 0 aliphatic carbocycles. The highest BCUT2D eigenvalue weighted by Gasteiger charge is 2.06. The van der Waals surface area contributed by atoms with Crippen molar-refractivity contribution in [3.8, 4) is 5.75 Å². The fourth-order valence-corrected chi connectivity index (χ4v) is 1.25. The molecule has 0 spiro atoms. The lowest BCUT2D eigenvalue weighted by Crippen LogP contribution is -1.87. The van der Waals surface area contributed by atoms with Gasteiger partial charge in [-0.15, -0.1) is 0 Å². The molecule has 0 saturated carbocycles. The summed E-state index contributed by atoms with van der Waals surface area (Å²) in [6.07, 6.45) is 1.15. The first kappa shape index (κ1) is 10.0. The Kier molecular flexibility index (Phi) is 3.74. The summed E-state index contributed by atoms with van der Waals surface area (Å²) in [5, 5.41) is 0. The standard InChI is InChI=1S/C9H11O3P/c1-3-11-13(10)12-9-6-4-8(2)5-7-9/h3-7,10H,1H2,2H3. The van der Waals surface area contributed by atoms with E-state index in [1.165, 1.54) is 0 Å². The Labute approximate surface area is 78.6 Å². The van der Waals surface area contributed by atoms with Gasteiger partial charge >= 0.3 is 8.60 Å². The molecule has 1 unspecified atom stereocenters. The van der Waals surface area contributed by atoms with Crippen LogP contribution in [0.3, 0.4) is 0 Å². The second-order valence-electron chi connectivity index (χ2n) is 2.41. The van der Waals surface area contributed by atoms with E-state index in [-0.39, 0.29) is 0 Å². The van der Waals surface area contributed by atoms with Crippen LogP contribution in [0.1, 0.15) is 5.56 Å². The van der Waals surface area contributed by atoms with Gasteiger partial charge in [-0.1, -0.05) is 24.3 Å². The van der Waals surface area contributed by atoms with Crippen LogP contribution >= 0.6 is 8.60 Å². The van der Waals surface area contributed by atoms with E-state index in [4.69, 9.17) is 9.42 Å². The Bertz CT molecular complexity index is 271. The predicted octanol–water partition coefficient (Wildman–Crippen LogP) is 2.75. The molecule has 0 heterocycles. The molecule has 13 heavy (non-hydrogen) atoms. The first-order valence-electron chi connectivity index (χ1n) is 3.73. The average molecular weight is 198 g/mol. The molecule has 0 aliphatic rings. The molecule has 0 aliphatic heterocycles. The number of hydrogen-bond donors (Lipinski definition) is 1. The van der Waals surface area contributed by atoms with Crippen molar-refractivity contribution >= 4 is 8.60 Å². The maximum absolute atomic E-state index is 9.12. The summed E-state index contributed by atoms with van der Waals surface area (Å²) in [4.78, 5) is 9.12. The van der Waals surface area contributed by atoms with Crippen LogP contribution in [-0.2, 0) is 4.52 Å². The van der Waals surface area contributed by atoms with E-state index in [1.54, 1.807) is 12.1 Å². The molecule has 1 atom stereocenters. The Hall–Kier alpha value is -1.05. The molecule has 1 rings (SSSR count). The molecule has 1 aromatic carbocycles. The molecule has 3 nitrogen and oxygen atoms in total. The Morgan fingerprint density at radius 1 is 1.38 bits per heavy atom. The van der Waals surface area contributed by atoms with E-state index in [1.807, 2.05) is 19.1 Å². The molecule has 1 N–H and O–H groups in total. The molecule has 0 fully saturated rings. The Balaban J connectivity index is 2.53. The van der Waals surface area contributed by atoms with Crippen molar-refractivity contribution in [1.29, 1.82) is 0 Å². The fraction of sp³-hybridized carbons (Fsp3) is 0.111. The minimum absolute atomic E-state index is 0.584. The summed E-state index contributed by atoms with van der Waals surface area (Å²) < 4.78 is 9.67. The van der Waals surface area contributed by atoms with Gasteiger partial charge in [-0.3, -0.25) is 0 Å². The maximum Gasteiger partial charge on any atom is 0.459 e. The molecule has 0 aromatic heterocycles. The van der Waals surface area contributed by atoms with E-state index in [0.29, 0.717) is 5.75 Å². The minimum Gasteiger partial charge on any atom is -0.426 e. The highest BCUT2D eigenvalue weighted by molar-refractivity contribution is 7.41. The second-order valence-corrected chi connectivity index (χ2v) is 3.28. The van der Waals surface area contributed by atoms with Gasteiger partial charge in [0.2, 0.25) is 0 Å². The zero-order valence-electron chi connectivity index (χ0n) is 7.30. The molecule has 0 amide bonds. The summed E-state index contributed by atoms with van der Waals surface area (Å²) >= 11 is 0. The third-order valence-electron chi connectivity index (χ3n) is 1.37. The van der Waals surface area contributed by atoms with Gasteiger partial charge < -0.3 is 13.9 Å². The van der Waals surface area contributed by atoms with Crippen molar-refractivity contribution in [1.82, 2.24) is 0 Å². The van der Waals surface area contributed by atoms with Gasteiger partial charge in [0.15, 0.2) is 0 Å². The van der Waals surface area contributed by atoms with Crippen LogP contribution in [-0.4, -0.2) is 4.89 Å². The number of hydrogen-bond acceptors (Lipinski definition) is 3. The summed E-state index contributed by atoms with van der Waals surface area (Å²) in [5.41, 5.74) is 1.14. The van der Waals surface area contributed by atoms with E-state index in [2.05, 4.69) is 11.1 Å². The Morgan fingerprint density at radius 3 is 2.54 bits per heavy atom. The van der Waals surface area contributed by atoms with Crippen molar-refractivity contribution in [2.24, 2.45) is 0 Å². The first-order valence-corrected chi connectivity index (χ1v) is 4.86. The van der Waals surface area contributed by atoms with Crippen LogP contribution in [0.5, 0.6) is 5.75 Å². The van der Waals surface area contributed by atoms with E-state index in [9.17, 15) is 0 Å². The highest BCUT2D eigenvalue weighted by Crippen LogP contribution is 2.34. The number of benzene rings is 1. The van der Waals surface area contributed by atoms with Crippen LogP contribution in [0.2, 0.25) is 0 Å². The molecule has 0 bridgehead atoms. The molecular formula is C9H11O3P. The molecule has 1 aromatic rings. The van der Waals surface area contributed by atoms with Gasteiger partial charge in [0.25, 0.3) is 0 Å². The largest absolute Gasteiger partial charge is 0.459 e. The molecule has 0 radical (unpaired) electrons. The second kappa shape index (κ2) is 4.85. The minimum atomic E-state index is -1.88. The maximum atomic E-state index is 9.12. The summed E-state index contributed by atoms with van der Waals surface area (Å²) in [5.74, 6) is 0.584. The van der Waals surface area contributed by atoms with Gasteiger partial charge in [0.05, 0.1) is 6.26 Å². The van der Waals surface area contributed by atoms with Crippen LogP contribution < -0.4 is 4.52 Å². The zero-order valence-corrected chi connectivity index (χ0v) is 8.20. The van der Waals surface area contributed by atoms with Crippen LogP contribution in [0, 0.1) is 6.92 Å². The summed E-state index contributed by atoms with van der Waals surface area (Å²) in [7, 11) is -1.88.